The van der Waals surface area contributed by atoms with E-state index in [4.69, 9.17) is 0 Å². The molecule has 2 aromatic carbocycles. The molecule has 0 aliphatic heterocycles. The summed E-state index contributed by atoms with van der Waals surface area (Å²) in [5.41, 5.74) is 3.70. The van der Waals surface area contributed by atoms with Crippen molar-refractivity contribution in [3.8, 4) is 5.75 Å². The molecule has 1 aromatic heterocycles. The van der Waals surface area contributed by atoms with E-state index in [0.717, 1.165) is 34.2 Å². The molecule has 0 aliphatic rings. The van der Waals surface area contributed by atoms with Crippen LogP contribution in [-0.4, -0.2) is 28.9 Å². The summed E-state index contributed by atoms with van der Waals surface area (Å²) < 4.78 is 40.3. The van der Waals surface area contributed by atoms with Gasteiger partial charge in [0.05, 0.1) is 6.10 Å². The van der Waals surface area contributed by atoms with Crippen molar-refractivity contribution >= 4 is 16.8 Å². The SMILES string of the molecule is Cc1cc(C)c2cc(C(=O)NCC(O)c3ccc(OC(F)(F)F)cc3)[nH]c2c1. The van der Waals surface area contributed by atoms with Gasteiger partial charge in [0.15, 0.2) is 0 Å². The fraction of sp³-hybridized carbons (Fsp3) is 0.250. The lowest BCUT2D eigenvalue weighted by atomic mass is 10.1. The number of H-pyrrole nitrogens is 1. The highest BCUT2D eigenvalue weighted by atomic mass is 19.4. The van der Waals surface area contributed by atoms with E-state index in [1.807, 2.05) is 26.0 Å². The summed E-state index contributed by atoms with van der Waals surface area (Å²) in [7, 11) is 0. The van der Waals surface area contributed by atoms with Crippen molar-refractivity contribution in [1.29, 1.82) is 0 Å². The van der Waals surface area contributed by atoms with Crippen molar-refractivity contribution in [2.24, 2.45) is 0 Å². The van der Waals surface area contributed by atoms with Crippen molar-refractivity contribution in [2.45, 2.75) is 26.3 Å². The van der Waals surface area contributed by atoms with Crippen molar-refractivity contribution in [1.82, 2.24) is 10.3 Å². The summed E-state index contributed by atoms with van der Waals surface area (Å²) in [5, 5.41) is 13.7. The van der Waals surface area contributed by atoms with Crippen LogP contribution in [-0.2, 0) is 0 Å². The Morgan fingerprint density at radius 3 is 2.50 bits per heavy atom. The molecule has 1 heterocycles. The molecule has 0 radical (unpaired) electrons. The van der Waals surface area contributed by atoms with Crippen LogP contribution in [0.5, 0.6) is 5.75 Å². The van der Waals surface area contributed by atoms with E-state index in [0.29, 0.717) is 11.3 Å². The molecular weight excluding hydrogens is 373 g/mol. The molecular formula is C20H19F3N2O3. The van der Waals surface area contributed by atoms with E-state index in [-0.39, 0.29) is 18.2 Å². The van der Waals surface area contributed by atoms with Crippen LogP contribution < -0.4 is 10.1 Å². The quantitative estimate of drug-likeness (QED) is 0.611. The molecule has 8 heteroatoms. The van der Waals surface area contributed by atoms with Gasteiger partial charge in [-0.05, 0) is 54.8 Å². The van der Waals surface area contributed by atoms with Gasteiger partial charge in [-0.25, -0.2) is 0 Å². The van der Waals surface area contributed by atoms with Crippen LogP contribution in [0.3, 0.4) is 0 Å². The lowest BCUT2D eigenvalue weighted by molar-refractivity contribution is -0.274. The number of aliphatic hydroxyl groups is 1. The third-order valence-corrected chi connectivity index (χ3v) is 4.29. The second-order valence-corrected chi connectivity index (χ2v) is 6.57. The number of ether oxygens (including phenoxy) is 1. The largest absolute Gasteiger partial charge is 0.573 e. The molecule has 1 atom stereocenters. The van der Waals surface area contributed by atoms with E-state index in [1.54, 1.807) is 6.07 Å². The van der Waals surface area contributed by atoms with Gasteiger partial charge in [0.1, 0.15) is 11.4 Å². The fourth-order valence-electron chi connectivity index (χ4n) is 3.02. The Morgan fingerprint density at radius 1 is 1.18 bits per heavy atom. The highest BCUT2D eigenvalue weighted by Gasteiger charge is 2.31. The first-order chi connectivity index (χ1) is 13.1. The number of benzene rings is 2. The average Bonchev–Trinajstić information content (AvgIpc) is 3.03. The third kappa shape index (κ3) is 4.64. The molecule has 148 valence electrons. The molecule has 0 aliphatic carbocycles. The van der Waals surface area contributed by atoms with E-state index < -0.39 is 12.5 Å². The summed E-state index contributed by atoms with van der Waals surface area (Å²) in [6.07, 6.45) is -5.85. The molecule has 3 N–H and O–H groups in total. The molecule has 1 unspecified atom stereocenters. The second-order valence-electron chi connectivity index (χ2n) is 6.57. The molecule has 3 aromatic rings. The van der Waals surface area contributed by atoms with Crippen LogP contribution in [0.1, 0.15) is 33.3 Å². The van der Waals surface area contributed by atoms with E-state index in [9.17, 15) is 23.1 Å². The first-order valence-electron chi connectivity index (χ1n) is 8.54. The van der Waals surface area contributed by atoms with Gasteiger partial charge < -0.3 is 20.1 Å². The minimum Gasteiger partial charge on any atom is -0.406 e. The topological polar surface area (TPSA) is 74.3 Å². The van der Waals surface area contributed by atoms with Crippen molar-refractivity contribution < 1.29 is 27.8 Å². The normalized spacial score (nSPS) is 12.8. The minimum absolute atomic E-state index is 0.0916. The zero-order chi connectivity index (χ0) is 20.5. The Balaban J connectivity index is 1.63. The van der Waals surface area contributed by atoms with Gasteiger partial charge in [0.25, 0.3) is 5.91 Å². The van der Waals surface area contributed by atoms with Crippen LogP contribution in [0.15, 0.2) is 42.5 Å². The third-order valence-electron chi connectivity index (χ3n) is 4.29. The molecule has 5 nitrogen and oxygen atoms in total. The zero-order valence-electron chi connectivity index (χ0n) is 15.2. The van der Waals surface area contributed by atoms with Gasteiger partial charge in [0.2, 0.25) is 0 Å². The first kappa shape index (κ1) is 19.8. The summed E-state index contributed by atoms with van der Waals surface area (Å²) in [6, 6.07) is 10.6. The summed E-state index contributed by atoms with van der Waals surface area (Å²) in [6.45, 7) is 3.83. The van der Waals surface area contributed by atoms with E-state index in [1.165, 1.54) is 12.1 Å². The molecule has 3 rings (SSSR count). The predicted octanol–water partition coefficient (Wildman–Crippen LogP) is 4.15. The number of aliphatic hydroxyl groups excluding tert-OH is 1. The predicted molar refractivity (Wildman–Crippen MR) is 98.2 cm³/mol. The van der Waals surface area contributed by atoms with Gasteiger partial charge >= 0.3 is 6.36 Å². The number of aromatic nitrogens is 1. The fourth-order valence-corrected chi connectivity index (χ4v) is 3.02. The number of amides is 1. The van der Waals surface area contributed by atoms with Gasteiger partial charge in [-0.1, -0.05) is 18.2 Å². The Hall–Kier alpha value is -3.00. The molecule has 28 heavy (non-hydrogen) atoms. The molecule has 0 spiro atoms. The maximum Gasteiger partial charge on any atom is 0.573 e. The molecule has 0 bridgehead atoms. The molecule has 0 fully saturated rings. The van der Waals surface area contributed by atoms with Gasteiger partial charge in [-0.3, -0.25) is 4.79 Å². The first-order valence-corrected chi connectivity index (χ1v) is 8.54. The highest BCUT2D eigenvalue weighted by Crippen LogP contribution is 2.25. The maximum absolute atomic E-state index is 12.4. The number of rotatable bonds is 5. The molecule has 0 saturated carbocycles. The molecule has 0 saturated heterocycles. The summed E-state index contributed by atoms with van der Waals surface area (Å²) in [4.78, 5) is 15.4. The number of hydrogen-bond donors (Lipinski definition) is 3. The number of nitrogens with one attached hydrogen (secondary N) is 2. The monoisotopic (exact) mass is 392 g/mol. The Labute approximate surface area is 159 Å². The Bertz CT molecular complexity index is 994. The second kappa shape index (κ2) is 7.55. The summed E-state index contributed by atoms with van der Waals surface area (Å²) >= 11 is 0. The van der Waals surface area contributed by atoms with E-state index in [2.05, 4.69) is 15.0 Å². The number of alkyl halides is 3. The average molecular weight is 392 g/mol. The van der Waals surface area contributed by atoms with E-state index >= 15 is 0 Å². The smallest absolute Gasteiger partial charge is 0.406 e. The summed E-state index contributed by atoms with van der Waals surface area (Å²) in [5.74, 6) is -0.763. The van der Waals surface area contributed by atoms with Crippen LogP contribution in [0, 0.1) is 13.8 Å². The van der Waals surface area contributed by atoms with Gasteiger partial charge in [-0.2, -0.15) is 0 Å². The number of aromatic amines is 1. The number of carbonyl (C=O) groups excluding carboxylic acids is 1. The number of hydrogen-bond acceptors (Lipinski definition) is 3. The zero-order valence-corrected chi connectivity index (χ0v) is 15.2. The minimum atomic E-state index is -4.77. The Kier molecular flexibility index (Phi) is 5.33. The van der Waals surface area contributed by atoms with Gasteiger partial charge in [-0.15, -0.1) is 13.2 Å². The number of fused-ring (bicyclic) bond motifs is 1. The standard InChI is InChI=1S/C20H19F3N2O3/c1-11-7-12(2)15-9-17(25-16(15)8-11)19(27)24-10-18(26)13-3-5-14(6-4-13)28-20(21,22)23/h3-9,18,25-26H,10H2,1-2H3,(H,24,27). The van der Waals surface area contributed by atoms with Crippen LogP contribution >= 0.6 is 0 Å². The molecule has 1 amide bonds. The maximum atomic E-state index is 12.4. The van der Waals surface area contributed by atoms with Crippen molar-refractivity contribution in [3.05, 3.63) is 64.8 Å². The van der Waals surface area contributed by atoms with Crippen molar-refractivity contribution in [2.75, 3.05) is 6.54 Å². The number of aryl methyl sites for hydroxylation is 2. The lowest BCUT2D eigenvalue weighted by Crippen LogP contribution is -2.28. The van der Waals surface area contributed by atoms with Crippen LogP contribution in [0.25, 0.3) is 10.9 Å². The lowest BCUT2D eigenvalue weighted by Gasteiger charge is -2.13. The van der Waals surface area contributed by atoms with Crippen LogP contribution in [0.2, 0.25) is 0 Å². The van der Waals surface area contributed by atoms with Gasteiger partial charge in [0, 0.05) is 17.4 Å². The van der Waals surface area contributed by atoms with Crippen LogP contribution in [0.4, 0.5) is 13.2 Å². The number of halogens is 3. The Morgan fingerprint density at radius 2 is 1.86 bits per heavy atom. The van der Waals surface area contributed by atoms with Crippen molar-refractivity contribution in [3.63, 3.8) is 0 Å². The number of carbonyl (C=O) groups is 1. The highest BCUT2D eigenvalue weighted by molar-refractivity contribution is 5.99.